The van der Waals surface area contributed by atoms with Gasteiger partial charge in [0.2, 0.25) is 5.91 Å². The molecule has 2 aromatic heterocycles. The van der Waals surface area contributed by atoms with Crippen LogP contribution in [0.4, 0.5) is 0 Å². The zero-order chi connectivity index (χ0) is 20.3. The van der Waals surface area contributed by atoms with Crippen LogP contribution in [0.3, 0.4) is 0 Å². The second kappa shape index (κ2) is 8.04. The molecule has 9 nitrogen and oxygen atoms in total. The number of hydrogen-bond donors (Lipinski definition) is 2. The van der Waals surface area contributed by atoms with Crippen molar-refractivity contribution in [2.75, 3.05) is 20.2 Å². The number of nitrogens with zero attached hydrogens (tertiary/aromatic N) is 4. The third-order valence-electron chi connectivity index (χ3n) is 5.30. The minimum absolute atomic E-state index is 0.00147. The molecule has 29 heavy (non-hydrogen) atoms. The maximum Gasteiger partial charge on any atom is 0.229 e. The molecule has 9 heteroatoms. The number of carbonyl (C=O) groups is 1. The Morgan fingerprint density at radius 3 is 2.93 bits per heavy atom. The first-order chi connectivity index (χ1) is 14.1. The number of benzene rings is 1. The number of carbonyl (C=O) groups excluding carboxylic acids is 1. The van der Waals surface area contributed by atoms with Gasteiger partial charge in [-0.1, -0.05) is 22.4 Å². The highest BCUT2D eigenvalue weighted by Crippen LogP contribution is 2.36. The molecule has 0 atom stereocenters. The summed E-state index contributed by atoms with van der Waals surface area (Å²) in [6.45, 7) is 4.08. The SMILES string of the molecule is COc1cccc(CC2(C(=O)NCc3nonc3C)CN(Cc3ncc[nH]3)C2)c1. The van der Waals surface area contributed by atoms with Gasteiger partial charge in [0.05, 0.1) is 25.6 Å². The fraction of sp³-hybridized carbons (Fsp3) is 0.400. The molecule has 3 aromatic rings. The number of hydrogen-bond acceptors (Lipinski definition) is 7. The van der Waals surface area contributed by atoms with E-state index in [9.17, 15) is 4.79 Å². The minimum Gasteiger partial charge on any atom is -0.497 e. The highest BCUT2D eigenvalue weighted by atomic mass is 16.6. The molecule has 1 saturated heterocycles. The van der Waals surface area contributed by atoms with Gasteiger partial charge in [0.25, 0.3) is 0 Å². The number of ether oxygens (including phenoxy) is 1. The number of H-pyrrole nitrogens is 1. The monoisotopic (exact) mass is 396 g/mol. The largest absolute Gasteiger partial charge is 0.497 e. The van der Waals surface area contributed by atoms with Crippen LogP contribution in [0.2, 0.25) is 0 Å². The lowest BCUT2D eigenvalue weighted by Crippen LogP contribution is -2.63. The second-order valence-corrected chi connectivity index (χ2v) is 7.47. The predicted molar refractivity (Wildman–Crippen MR) is 104 cm³/mol. The van der Waals surface area contributed by atoms with Crippen molar-refractivity contribution in [3.05, 3.63) is 59.4 Å². The summed E-state index contributed by atoms with van der Waals surface area (Å²) >= 11 is 0. The van der Waals surface area contributed by atoms with Gasteiger partial charge in [0, 0.05) is 25.5 Å². The van der Waals surface area contributed by atoms with E-state index in [0.29, 0.717) is 44.0 Å². The van der Waals surface area contributed by atoms with Gasteiger partial charge in [0.1, 0.15) is 23.0 Å². The quantitative estimate of drug-likeness (QED) is 0.593. The number of aromatic nitrogens is 4. The Balaban J connectivity index is 1.47. The van der Waals surface area contributed by atoms with Crippen LogP contribution in [0.1, 0.15) is 22.8 Å². The van der Waals surface area contributed by atoms with Crippen molar-refractivity contribution in [1.82, 2.24) is 30.5 Å². The molecule has 0 bridgehead atoms. The Morgan fingerprint density at radius 1 is 1.38 bits per heavy atom. The molecule has 152 valence electrons. The van der Waals surface area contributed by atoms with Crippen LogP contribution in [0.15, 0.2) is 41.3 Å². The number of aromatic amines is 1. The lowest BCUT2D eigenvalue weighted by atomic mass is 9.73. The van der Waals surface area contributed by atoms with Crippen LogP contribution in [-0.2, 0) is 24.3 Å². The molecular weight excluding hydrogens is 372 g/mol. The number of likely N-dealkylation sites (tertiary alicyclic amines) is 1. The average Bonchev–Trinajstić information content (AvgIpc) is 3.36. The minimum atomic E-state index is -0.524. The molecule has 1 fully saturated rings. The summed E-state index contributed by atoms with van der Waals surface area (Å²) in [5, 5.41) is 10.6. The van der Waals surface area contributed by atoms with E-state index in [-0.39, 0.29) is 5.91 Å². The summed E-state index contributed by atoms with van der Waals surface area (Å²) < 4.78 is 10.1. The molecule has 4 rings (SSSR count). The van der Waals surface area contributed by atoms with Crippen LogP contribution in [0.25, 0.3) is 0 Å². The Morgan fingerprint density at radius 2 is 2.24 bits per heavy atom. The summed E-state index contributed by atoms with van der Waals surface area (Å²) in [7, 11) is 1.64. The Hall–Kier alpha value is -3.20. The molecule has 1 aliphatic rings. The van der Waals surface area contributed by atoms with Gasteiger partial charge >= 0.3 is 0 Å². The Kier molecular flexibility index (Phi) is 5.30. The third kappa shape index (κ3) is 4.14. The van der Waals surface area contributed by atoms with Gasteiger partial charge in [-0.2, -0.15) is 0 Å². The first-order valence-electron chi connectivity index (χ1n) is 9.48. The van der Waals surface area contributed by atoms with E-state index in [4.69, 9.17) is 9.37 Å². The number of imidazole rings is 1. The van der Waals surface area contributed by atoms with Gasteiger partial charge in [0.15, 0.2) is 0 Å². The summed E-state index contributed by atoms with van der Waals surface area (Å²) in [5.41, 5.74) is 1.86. The average molecular weight is 396 g/mol. The summed E-state index contributed by atoms with van der Waals surface area (Å²) in [6.07, 6.45) is 4.17. The van der Waals surface area contributed by atoms with Crippen LogP contribution in [-0.4, -0.2) is 51.3 Å². The maximum atomic E-state index is 13.2. The maximum absolute atomic E-state index is 13.2. The molecule has 0 saturated carbocycles. The number of nitrogens with one attached hydrogen (secondary N) is 2. The molecule has 0 radical (unpaired) electrons. The van der Waals surface area contributed by atoms with Crippen molar-refractivity contribution in [2.24, 2.45) is 5.41 Å². The molecule has 1 amide bonds. The first-order valence-corrected chi connectivity index (χ1v) is 9.48. The van der Waals surface area contributed by atoms with E-state index in [1.54, 1.807) is 26.4 Å². The normalized spacial score (nSPS) is 15.7. The summed E-state index contributed by atoms with van der Waals surface area (Å²) in [5.74, 6) is 1.68. The number of methoxy groups -OCH3 is 1. The molecule has 1 aliphatic heterocycles. The van der Waals surface area contributed by atoms with Gasteiger partial charge in [-0.3, -0.25) is 9.69 Å². The third-order valence-corrected chi connectivity index (χ3v) is 5.30. The lowest BCUT2D eigenvalue weighted by Gasteiger charge is -2.48. The van der Waals surface area contributed by atoms with Crippen molar-refractivity contribution in [1.29, 1.82) is 0 Å². The second-order valence-electron chi connectivity index (χ2n) is 7.47. The molecular formula is C20H24N6O3. The smallest absolute Gasteiger partial charge is 0.229 e. The topological polar surface area (TPSA) is 109 Å². The van der Waals surface area contributed by atoms with Crippen LogP contribution < -0.4 is 10.1 Å². The highest BCUT2D eigenvalue weighted by Gasteiger charge is 2.49. The van der Waals surface area contributed by atoms with E-state index in [1.807, 2.05) is 24.3 Å². The Labute approximate surface area is 168 Å². The molecule has 1 aromatic carbocycles. The van der Waals surface area contributed by atoms with Crippen molar-refractivity contribution in [3.63, 3.8) is 0 Å². The molecule has 2 N–H and O–H groups in total. The van der Waals surface area contributed by atoms with Gasteiger partial charge < -0.3 is 15.0 Å². The van der Waals surface area contributed by atoms with Gasteiger partial charge in [-0.15, -0.1) is 0 Å². The van der Waals surface area contributed by atoms with E-state index < -0.39 is 5.41 Å². The fourth-order valence-electron chi connectivity index (χ4n) is 3.79. The van der Waals surface area contributed by atoms with E-state index >= 15 is 0 Å². The van der Waals surface area contributed by atoms with Crippen LogP contribution >= 0.6 is 0 Å². The first kappa shape index (κ1) is 19.1. The zero-order valence-corrected chi connectivity index (χ0v) is 16.5. The van der Waals surface area contributed by atoms with E-state index in [2.05, 4.69) is 30.5 Å². The zero-order valence-electron chi connectivity index (χ0n) is 16.5. The summed E-state index contributed by atoms with van der Waals surface area (Å²) in [6, 6.07) is 7.86. The number of rotatable bonds is 8. The molecule has 0 unspecified atom stereocenters. The number of amides is 1. The molecule has 3 heterocycles. The standard InChI is InChI=1S/C20H24N6O3/c1-14-17(25-29-24-14)10-23-19(27)20(9-15-4-3-5-16(8-15)28-2)12-26(13-20)11-18-21-6-7-22-18/h3-8H,9-13H2,1-2H3,(H,21,22)(H,23,27). The predicted octanol–water partition coefficient (Wildman–Crippen LogP) is 1.47. The fourth-order valence-corrected chi connectivity index (χ4v) is 3.79. The lowest BCUT2D eigenvalue weighted by molar-refractivity contribution is -0.142. The van der Waals surface area contributed by atoms with Crippen LogP contribution in [0.5, 0.6) is 5.75 Å². The Bertz CT molecular complexity index is 962. The van der Waals surface area contributed by atoms with Crippen molar-refractivity contribution in [2.45, 2.75) is 26.4 Å². The molecule has 0 aliphatic carbocycles. The highest BCUT2D eigenvalue weighted by molar-refractivity contribution is 5.84. The van der Waals surface area contributed by atoms with E-state index in [0.717, 1.165) is 17.1 Å². The van der Waals surface area contributed by atoms with Crippen molar-refractivity contribution < 1.29 is 14.2 Å². The van der Waals surface area contributed by atoms with Gasteiger partial charge in [-0.25, -0.2) is 9.61 Å². The van der Waals surface area contributed by atoms with E-state index in [1.165, 1.54) is 0 Å². The van der Waals surface area contributed by atoms with Crippen LogP contribution in [0, 0.1) is 12.3 Å². The van der Waals surface area contributed by atoms with Crippen molar-refractivity contribution >= 4 is 5.91 Å². The number of aryl methyl sites for hydroxylation is 1. The molecule has 0 spiro atoms. The summed E-state index contributed by atoms with van der Waals surface area (Å²) in [4.78, 5) is 22.8. The van der Waals surface area contributed by atoms with Crippen molar-refractivity contribution in [3.8, 4) is 5.75 Å². The van der Waals surface area contributed by atoms with Gasteiger partial charge in [-0.05, 0) is 31.0 Å².